The Morgan fingerprint density at radius 2 is 2.08 bits per heavy atom. The molecule has 0 atom stereocenters. The quantitative estimate of drug-likeness (QED) is 0.645. The number of nitrogens with zero attached hydrogens (tertiary/aromatic N) is 2. The smallest absolute Gasteiger partial charge is 0.224 e. The molecule has 0 unspecified atom stereocenters. The molecule has 24 heavy (non-hydrogen) atoms. The summed E-state index contributed by atoms with van der Waals surface area (Å²) < 4.78 is 1.21. The lowest BCUT2D eigenvalue weighted by molar-refractivity contribution is -0.116. The number of amides is 1. The summed E-state index contributed by atoms with van der Waals surface area (Å²) in [5, 5.41) is 13.2. The highest BCUT2D eigenvalue weighted by atomic mass is 32.1. The Hall–Kier alpha value is -2.31. The van der Waals surface area contributed by atoms with Crippen LogP contribution in [0.1, 0.15) is 29.8 Å². The number of carbonyl (C=O) groups excluding carboxylic acids is 1. The number of aliphatic hydroxyl groups is 1. The van der Waals surface area contributed by atoms with Gasteiger partial charge in [-0.3, -0.25) is 9.78 Å². The maximum absolute atomic E-state index is 12.0. The third kappa shape index (κ3) is 4.15. The molecule has 2 heterocycles. The molecule has 0 aliphatic carbocycles. The van der Waals surface area contributed by atoms with Gasteiger partial charge in [0.25, 0.3) is 0 Å². The second-order valence-electron chi connectivity index (χ2n) is 5.52. The summed E-state index contributed by atoms with van der Waals surface area (Å²) in [5.74, 6) is -0.0537. The van der Waals surface area contributed by atoms with Gasteiger partial charge in [0, 0.05) is 18.2 Å². The molecule has 3 rings (SSSR count). The van der Waals surface area contributed by atoms with Crippen LogP contribution in [-0.2, 0) is 17.8 Å². The molecule has 1 amide bonds. The number of hydrogen-bond donors (Lipinski definition) is 2. The first kappa shape index (κ1) is 16.5. The maximum atomic E-state index is 12.0. The SMILES string of the molecule is O=C(CCCCc1nc2ccccc2s1)Nc1cnccc1CO. The molecule has 0 fully saturated rings. The fourth-order valence-corrected chi connectivity index (χ4v) is 3.48. The molecule has 2 aromatic heterocycles. The van der Waals surface area contributed by atoms with E-state index in [0.717, 1.165) is 29.8 Å². The van der Waals surface area contributed by atoms with Gasteiger partial charge in [-0.2, -0.15) is 0 Å². The van der Waals surface area contributed by atoms with E-state index in [1.807, 2.05) is 18.2 Å². The molecule has 0 saturated heterocycles. The Morgan fingerprint density at radius 3 is 2.92 bits per heavy atom. The van der Waals surface area contributed by atoms with Crippen molar-refractivity contribution in [3.63, 3.8) is 0 Å². The van der Waals surface area contributed by atoms with E-state index >= 15 is 0 Å². The molecule has 0 aliphatic rings. The van der Waals surface area contributed by atoms with Crippen LogP contribution in [0, 0.1) is 0 Å². The second kappa shape index (κ2) is 7.99. The minimum Gasteiger partial charge on any atom is -0.392 e. The van der Waals surface area contributed by atoms with Crippen LogP contribution >= 0.6 is 11.3 Å². The van der Waals surface area contributed by atoms with Gasteiger partial charge >= 0.3 is 0 Å². The van der Waals surface area contributed by atoms with Crippen LogP contribution in [0.2, 0.25) is 0 Å². The zero-order valence-electron chi connectivity index (χ0n) is 13.2. The van der Waals surface area contributed by atoms with Gasteiger partial charge < -0.3 is 10.4 Å². The first-order chi connectivity index (χ1) is 11.8. The van der Waals surface area contributed by atoms with Gasteiger partial charge in [-0.15, -0.1) is 11.3 Å². The normalized spacial score (nSPS) is 10.9. The lowest BCUT2D eigenvalue weighted by Crippen LogP contribution is -2.13. The van der Waals surface area contributed by atoms with E-state index in [4.69, 9.17) is 0 Å². The number of aryl methyl sites for hydroxylation is 1. The highest BCUT2D eigenvalue weighted by molar-refractivity contribution is 7.18. The van der Waals surface area contributed by atoms with Crippen molar-refractivity contribution in [3.8, 4) is 0 Å². The first-order valence-corrected chi connectivity index (χ1v) is 8.76. The summed E-state index contributed by atoms with van der Waals surface area (Å²) in [6.45, 7) is -0.115. The predicted octanol–water partition coefficient (Wildman–Crippen LogP) is 3.54. The van der Waals surface area contributed by atoms with E-state index in [-0.39, 0.29) is 12.5 Å². The summed E-state index contributed by atoms with van der Waals surface area (Å²) in [7, 11) is 0. The van der Waals surface area contributed by atoms with Crippen molar-refractivity contribution >= 4 is 33.1 Å². The van der Waals surface area contributed by atoms with Crippen molar-refractivity contribution in [2.45, 2.75) is 32.3 Å². The van der Waals surface area contributed by atoms with Crippen molar-refractivity contribution < 1.29 is 9.90 Å². The Morgan fingerprint density at radius 1 is 1.21 bits per heavy atom. The predicted molar refractivity (Wildman–Crippen MR) is 96.0 cm³/mol. The minimum absolute atomic E-state index is 0.0537. The lowest BCUT2D eigenvalue weighted by Gasteiger charge is -2.08. The number of fused-ring (bicyclic) bond motifs is 1. The minimum atomic E-state index is -0.115. The molecule has 0 spiro atoms. The van der Waals surface area contributed by atoms with Gasteiger partial charge in [-0.25, -0.2) is 4.98 Å². The molecular formula is C18H19N3O2S. The summed E-state index contributed by atoms with van der Waals surface area (Å²) in [6, 6.07) is 9.82. The largest absolute Gasteiger partial charge is 0.392 e. The van der Waals surface area contributed by atoms with Crippen molar-refractivity contribution in [2.24, 2.45) is 0 Å². The van der Waals surface area contributed by atoms with E-state index in [9.17, 15) is 9.90 Å². The Labute approximate surface area is 144 Å². The van der Waals surface area contributed by atoms with E-state index in [0.29, 0.717) is 17.7 Å². The van der Waals surface area contributed by atoms with Gasteiger partial charge in [-0.1, -0.05) is 12.1 Å². The van der Waals surface area contributed by atoms with Gasteiger partial charge in [0.05, 0.1) is 33.7 Å². The number of aromatic nitrogens is 2. The molecule has 3 aromatic rings. The topological polar surface area (TPSA) is 75.1 Å². The average molecular weight is 341 g/mol. The number of aliphatic hydroxyl groups excluding tert-OH is 1. The first-order valence-electron chi connectivity index (χ1n) is 7.94. The highest BCUT2D eigenvalue weighted by Crippen LogP contribution is 2.23. The Balaban J connectivity index is 1.45. The number of hydrogen-bond acceptors (Lipinski definition) is 5. The number of nitrogens with one attached hydrogen (secondary N) is 1. The van der Waals surface area contributed by atoms with Crippen LogP contribution in [-0.4, -0.2) is 21.0 Å². The van der Waals surface area contributed by atoms with Gasteiger partial charge in [0.15, 0.2) is 0 Å². The molecular weight excluding hydrogens is 322 g/mol. The molecule has 0 radical (unpaired) electrons. The average Bonchev–Trinajstić information content (AvgIpc) is 3.02. The van der Waals surface area contributed by atoms with Crippen molar-refractivity contribution in [1.29, 1.82) is 0 Å². The number of carbonyl (C=O) groups is 1. The van der Waals surface area contributed by atoms with E-state index in [2.05, 4.69) is 21.4 Å². The Bertz CT molecular complexity index is 799. The van der Waals surface area contributed by atoms with Crippen LogP contribution in [0.15, 0.2) is 42.7 Å². The number of thiazole rings is 1. The summed E-state index contributed by atoms with van der Waals surface area (Å²) in [5.41, 5.74) is 2.30. The number of rotatable bonds is 7. The number of benzene rings is 1. The summed E-state index contributed by atoms with van der Waals surface area (Å²) in [6.07, 6.45) is 6.22. The molecule has 2 N–H and O–H groups in total. The molecule has 0 saturated carbocycles. The van der Waals surface area contributed by atoms with Crippen molar-refractivity contribution in [3.05, 3.63) is 53.3 Å². The molecule has 6 heteroatoms. The van der Waals surface area contributed by atoms with E-state index in [1.165, 1.54) is 4.70 Å². The van der Waals surface area contributed by atoms with Crippen LogP contribution in [0.25, 0.3) is 10.2 Å². The summed E-state index contributed by atoms with van der Waals surface area (Å²) >= 11 is 1.72. The fourth-order valence-electron chi connectivity index (χ4n) is 2.48. The molecule has 124 valence electrons. The highest BCUT2D eigenvalue weighted by Gasteiger charge is 2.07. The zero-order chi connectivity index (χ0) is 16.8. The van der Waals surface area contributed by atoms with Crippen LogP contribution in [0.4, 0.5) is 5.69 Å². The van der Waals surface area contributed by atoms with Crippen LogP contribution in [0.5, 0.6) is 0 Å². The zero-order valence-corrected chi connectivity index (χ0v) is 14.1. The monoisotopic (exact) mass is 341 g/mol. The lowest BCUT2D eigenvalue weighted by atomic mass is 10.2. The Kier molecular flexibility index (Phi) is 5.51. The van der Waals surface area contributed by atoms with E-state index in [1.54, 1.807) is 29.8 Å². The van der Waals surface area contributed by atoms with E-state index < -0.39 is 0 Å². The fraction of sp³-hybridized carbons (Fsp3) is 0.278. The van der Waals surface area contributed by atoms with Crippen LogP contribution in [0.3, 0.4) is 0 Å². The standard InChI is InChI=1S/C18H19N3O2S/c22-12-13-9-10-19-11-15(13)20-17(23)7-3-4-8-18-21-14-5-1-2-6-16(14)24-18/h1-2,5-6,9-11,22H,3-4,7-8,12H2,(H,20,23). The molecule has 0 aliphatic heterocycles. The van der Waals surface area contributed by atoms with Gasteiger partial charge in [0.2, 0.25) is 5.91 Å². The van der Waals surface area contributed by atoms with Gasteiger partial charge in [-0.05, 0) is 37.5 Å². The number of unbranched alkanes of at least 4 members (excludes halogenated alkanes) is 1. The van der Waals surface area contributed by atoms with Crippen molar-refractivity contribution in [1.82, 2.24) is 9.97 Å². The number of para-hydroxylation sites is 1. The second-order valence-corrected chi connectivity index (χ2v) is 6.64. The van der Waals surface area contributed by atoms with Crippen molar-refractivity contribution in [2.75, 3.05) is 5.32 Å². The number of anilines is 1. The van der Waals surface area contributed by atoms with Crippen LogP contribution < -0.4 is 5.32 Å². The third-order valence-electron chi connectivity index (χ3n) is 3.74. The van der Waals surface area contributed by atoms with Gasteiger partial charge in [0.1, 0.15) is 0 Å². The molecule has 1 aromatic carbocycles. The molecule has 0 bridgehead atoms. The molecule has 5 nitrogen and oxygen atoms in total. The number of pyridine rings is 1. The summed E-state index contributed by atoms with van der Waals surface area (Å²) in [4.78, 5) is 20.6. The maximum Gasteiger partial charge on any atom is 0.224 e. The third-order valence-corrected chi connectivity index (χ3v) is 4.83.